The molecule has 1 N–H and O–H groups in total. The molecule has 1 amide bonds. The summed E-state index contributed by atoms with van der Waals surface area (Å²) in [4.78, 5) is 38.5. The van der Waals surface area contributed by atoms with Crippen LogP contribution in [0.5, 0.6) is 0 Å². The highest BCUT2D eigenvalue weighted by Gasteiger charge is 2.20. The van der Waals surface area contributed by atoms with Crippen LogP contribution in [0.25, 0.3) is 0 Å². The molecule has 0 bridgehead atoms. The molecule has 0 unspecified atom stereocenters. The van der Waals surface area contributed by atoms with Gasteiger partial charge in [0.1, 0.15) is 0 Å². The zero-order valence-electron chi connectivity index (χ0n) is 16.7. The Morgan fingerprint density at radius 3 is 2.31 bits per heavy atom. The van der Waals surface area contributed by atoms with Crippen molar-refractivity contribution >= 4 is 46.7 Å². The maximum atomic E-state index is 12.8. The standard InChI is InChI=1S/C24H17ClN2O4S/c25-17-11-9-16(10-12-17)23(29)18-5-1-2-6-19(18)24(30)31-15-22(28)27-20-7-3-4-8-21(20)32-14-13-26/h1-12H,14-15H2,(H,27,28). The van der Waals surface area contributed by atoms with E-state index in [-0.39, 0.29) is 22.7 Å². The Labute approximate surface area is 194 Å². The Morgan fingerprint density at radius 2 is 1.59 bits per heavy atom. The molecule has 0 aliphatic rings. The van der Waals surface area contributed by atoms with Crippen molar-refractivity contribution in [2.45, 2.75) is 4.90 Å². The number of halogens is 1. The lowest BCUT2D eigenvalue weighted by Gasteiger charge is -2.11. The zero-order chi connectivity index (χ0) is 22.9. The van der Waals surface area contributed by atoms with Gasteiger partial charge in [-0.2, -0.15) is 5.26 Å². The lowest BCUT2D eigenvalue weighted by atomic mass is 9.98. The molecule has 0 fully saturated rings. The van der Waals surface area contributed by atoms with Crippen LogP contribution in [0.1, 0.15) is 26.3 Å². The Bertz CT molecular complexity index is 1190. The van der Waals surface area contributed by atoms with Crippen LogP contribution in [0.2, 0.25) is 5.02 Å². The van der Waals surface area contributed by atoms with Gasteiger partial charge in [-0.15, -0.1) is 11.8 Å². The lowest BCUT2D eigenvalue weighted by molar-refractivity contribution is -0.119. The first-order valence-corrected chi connectivity index (χ1v) is 10.8. The molecule has 6 nitrogen and oxygen atoms in total. The van der Waals surface area contributed by atoms with Crippen LogP contribution in [0.15, 0.2) is 77.7 Å². The third kappa shape index (κ3) is 5.97. The molecule has 0 atom stereocenters. The smallest absolute Gasteiger partial charge is 0.339 e. The van der Waals surface area contributed by atoms with Crippen LogP contribution in [-0.2, 0) is 9.53 Å². The van der Waals surface area contributed by atoms with E-state index in [2.05, 4.69) is 5.32 Å². The fourth-order valence-electron chi connectivity index (χ4n) is 2.82. The van der Waals surface area contributed by atoms with E-state index in [0.29, 0.717) is 16.3 Å². The molecule has 8 heteroatoms. The minimum absolute atomic E-state index is 0.0604. The van der Waals surface area contributed by atoms with Gasteiger partial charge in [-0.3, -0.25) is 9.59 Å². The number of carbonyl (C=O) groups is 3. The third-order valence-electron chi connectivity index (χ3n) is 4.29. The number of rotatable bonds is 8. The van der Waals surface area contributed by atoms with E-state index < -0.39 is 18.5 Å². The molecule has 3 aromatic carbocycles. The average molecular weight is 465 g/mol. The molecule has 32 heavy (non-hydrogen) atoms. The summed E-state index contributed by atoms with van der Waals surface area (Å²) in [6.45, 7) is -0.528. The Hall–Kier alpha value is -3.60. The van der Waals surface area contributed by atoms with Gasteiger partial charge < -0.3 is 10.1 Å². The maximum Gasteiger partial charge on any atom is 0.339 e. The first-order valence-electron chi connectivity index (χ1n) is 9.44. The summed E-state index contributed by atoms with van der Waals surface area (Å²) in [6.07, 6.45) is 0. The number of nitriles is 1. The highest BCUT2D eigenvalue weighted by Crippen LogP contribution is 2.26. The molecule has 0 radical (unpaired) electrons. The summed E-state index contributed by atoms with van der Waals surface area (Å²) in [7, 11) is 0. The first kappa shape index (κ1) is 23.1. The van der Waals surface area contributed by atoms with Gasteiger partial charge >= 0.3 is 5.97 Å². The maximum absolute atomic E-state index is 12.8. The monoisotopic (exact) mass is 464 g/mol. The summed E-state index contributed by atoms with van der Waals surface area (Å²) < 4.78 is 5.15. The van der Waals surface area contributed by atoms with Crippen LogP contribution in [-0.4, -0.2) is 30.0 Å². The molecular weight excluding hydrogens is 448 g/mol. The number of esters is 1. The number of benzene rings is 3. The summed E-state index contributed by atoms with van der Waals surface area (Å²) in [5.74, 6) is -1.45. The molecule has 0 heterocycles. The van der Waals surface area contributed by atoms with Crippen molar-refractivity contribution in [1.82, 2.24) is 0 Å². The van der Waals surface area contributed by atoms with Crippen molar-refractivity contribution in [3.63, 3.8) is 0 Å². The molecule has 3 rings (SSSR count). The third-order valence-corrected chi connectivity index (χ3v) is 5.48. The summed E-state index contributed by atoms with van der Waals surface area (Å²) in [6, 6.07) is 21.6. The molecule has 0 aliphatic heterocycles. The molecule has 0 spiro atoms. The number of hydrogen-bond acceptors (Lipinski definition) is 6. The van der Waals surface area contributed by atoms with Crippen LogP contribution >= 0.6 is 23.4 Å². The van der Waals surface area contributed by atoms with E-state index in [1.807, 2.05) is 6.07 Å². The lowest BCUT2D eigenvalue weighted by Crippen LogP contribution is -2.22. The minimum Gasteiger partial charge on any atom is -0.452 e. The number of ketones is 1. The van der Waals surface area contributed by atoms with Gasteiger partial charge in [-0.1, -0.05) is 41.9 Å². The van der Waals surface area contributed by atoms with E-state index in [1.165, 1.54) is 23.9 Å². The van der Waals surface area contributed by atoms with Crippen molar-refractivity contribution in [3.8, 4) is 6.07 Å². The molecular formula is C24H17ClN2O4S. The molecule has 0 aliphatic carbocycles. The largest absolute Gasteiger partial charge is 0.452 e. The second-order valence-corrected chi connectivity index (χ2v) is 7.90. The number of nitrogens with one attached hydrogen (secondary N) is 1. The Morgan fingerprint density at radius 1 is 0.938 bits per heavy atom. The summed E-state index contributed by atoms with van der Waals surface area (Å²) >= 11 is 7.15. The number of carbonyl (C=O) groups excluding carboxylic acids is 3. The van der Waals surface area contributed by atoms with E-state index in [0.717, 1.165) is 4.90 Å². The topological polar surface area (TPSA) is 96.3 Å². The molecule has 3 aromatic rings. The predicted molar refractivity (Wildman–Crippen MR) is 123 cm³/mol. The Kier molecular flexibility index (Phi) is 8.03. The van der Waals surface area contributed by atoms with Gasteiger partial charge in [0.2, 0.25) is 0 Å². The number of para-hydroxylation sites is 1. The van der Waals surface area contributed by atoms with Gasteiger partial charge in [0.15, 0.2) is 12.4 Å². The van der Waals surface area contributed by atoms with Gasteiger partial charge in [0.25, 0.3) is 5.91 Å². The molecule has 0 saturated heterocycles. The summed E-state index contributed by atoms with van der Waals surface area (Å²) in [5.41, 5.74) is 1.12. The number of hydrogen-bond donors (Lipinski definition) is 1. The first-order chi connectivity index (χ1) is 15.5. The van der Waals surface area contributed by atoms with Crippen LogP contribution in [0, 0.1) is 11.3 Å². The number of anilines is 1. The highest BCUT2D eigenvalue weighted by atomic mass is 35.5. The van der Waals surface area contributed by atoms with E-state index in [9.17, 15) is 14.4 Å². The fourth-order valence-corrected chi connectivity index (χ4v) is 3.61. The second-order valence-electron chi connectivity index (χ2n) is 6.45. The molecule has 0 aromatic heterocycles. The fraction of sp³-hybridized carbons (Fsp3) is 0.0833. The van der Waals surface area contributed by atoms with Crippen molar-refractivity contribution in [2.75, 3.05) is 17.7 Å². The van der Waals surface area contributed by atoms with Crippen molar-refractivity contribution in [1.29, 1.82) is 5.26 Å². The SMILES string of the molecule is N#CCSc1ccccc1NC(=O)COC(=O)c1ccccc1C(=O)c1ccc(Cl)cc1. The van der Waals surface area contributed by atoms with Gasteiger partial charge in [-0.05, 0) is 42.5 Å². The van der Waals surface area contributed by atoms with E-state index >= 15 is 0 Å². The highest BCUT2D eigenvalue weighted by molar-refractivity contribution is 7.99. The predicted octanol–water partition coefficient (Wildman–Crippen LogP) is 4.98. The number of nitrogens with zero attached hydrogens (tertiary/aromatic N) is 1. The van der Waals surface area contributed by atoms with Crippen LogP contribution in [0.4, 0.5) is 5.69 Å². The second kappa shape index (κ2) is 11.1. The average Bonchev–Trinajstić information content (AvgIpc) is 2.82. The van der Waals surface area contributed by atoms with E-state index in [1.54, 1.807) is 60.7 Å². The normalized spacial score (nSPS) is 10.1. The van der Waals surface area contributed by atoms with Crippen molar-refractivity contribution < 1.29 is 19.1 Å². The van der Waals surface area contributed by atoms with Gasteiger partial charge in [0.05, 0.1) is 23.1 Å². The van der Waals surface area contributed by atoms with Crippen molar-refractivity contribution in [3.05, 3.63) is 94.5 Å². The van der Waals surface area contributed by atoms with Gasteiger partial charge in [-0.25, -0.2) is 4.79 Å². The van der Waals surface area contributed by atoms with Crippen LogP contribution in [0.3, 0.4) is 0 Å². The quantitative estimate of drug-likeness (QED) is 0.287. The molecule has 0 saturated carbocycles. The summed E-state index contributed by atoms with van der Waals surface area (Å²) in [5, 5.41) is 11.9. The number of amides is 1. The zero-order valence-corrected chi connectivity index (χ0v) is 18.3. The molecule has 160 valence electrons. The number of ether oxygens (including phenoxy) is 1. The van der Waals surface area contributed by atoms with Gasteiger partial charge in [0, 0.05) is 21.0 Å². The minimum atomic E-state index is -0.787. The number of thioether (sulfide) groups is 1. The Balaban J connectivity index is 1.67. The van der Waals surface area contributed by atoms with Crippen LogP contribution < -0.4 is 5.32 Å². The van der Waals surface area contributed by atoms with Crippen molar-refractivity contribution in [2.24, 2.45) is 0 Å². The van der Waals surface area contributed by atoms with E-state index in [4.69, 9.17) is 21.6 Å².